The van der Waals surface area contributed by atoms with Gasteiger partial charge < -0.3 is 9.15 Å². The minimum atomic E-state index is -0.313. The van der Waals surface area contributed by atoms with Crippen LogP contribution in [0.4, 0.5) is 0 Å². The van der Waals surface area contributed by atoms with E-state index in [4.69, 9.17) is 9.15 Å². The van der Waals surface area contributed by atoms with Gasteiger partial charge in [0.2, 0.25) is 0 Å². The quantitative estimate of drug-likeness (QED) is 0.388. The number of nitrogens with zero attached hydrogens (tertiary/aromatic N) is 1. The lowest BCUT2D eigenvalue weighted by molar-refractivity contribution is 0.246. The topological polar surface area (TPSA) is 42.7 Å². The monoisotopic (exact) mass is 405 g/mol. The van der Waals surface area contributed by atoms with Crippen LogP contribution in [-0.2, 0) is 19.6 Å². The highest BCUT2D eigenvalue weighted by Crippen LogP contribution is 2.25. The molecule has 4 nitrogen and oxygen atoms in total. The molecule has 0 aliphatic rings. The van der Waals surface area contributed by atoms with Gasteiger partial charge in [-0.3, -0.25) is 4.90 Å². The van der Waals surface area contributed by atoms with E-state index in [0.29, 0.717) is 12.1 Å². The molecule has 0 aliphatic heterocycles. The van der Waals surface area contributed by atoms with Crippen molar-refractivity contribution < 1.29 is 9.15 Å². The summed E-state index contributed by atoms with van der Waals surface area (Å²) in [7, 11) is 1.70. The first-order valence-electron chi connectivity index (χ1n) is 9.52. The summed E-state index contributed by atoms with van der Waals surface area (Å²) in [5.74, 6) is 0.872. The fraction of sp³-hybridized carbons (Fsp3) is 0.208. The number of aryl methyl sites for hydroxylation is 1. The van der Waals surface area contributed by atoms with Crippen LogP contribution in [0.3, 0.4) is 0 Å². The largest absolute Gasteiger partial charge is 0.496 e. The van der Waals surface area contributed by atoms with E-state index in [1.165, 1.54) is 4.88 Å². The van der Waals surface area contributed by atoms with Gasteiger partial charge in [-0.05, 0) is 41.6 Å². The second kappa shape index (κ2) is 8.64. The zero-order valence-electron chi connectivity index (χ0n) is 16.6. The summed E-state index contributed by atoms with van der Waals surface area (Å²) in [6, 6.07) is 19.9. The Morgan fingerprint density at radius 1 is 0.966 bits per heavy atom. The van der Waals surface area contributed by atoms with E-state index in [1.807, 2.05) is 37.3 Å². The van der Waals surface area contributed by atoms with Crippen LogP contribution in [0.2, 0.25) is 0 Å². The molecule has 0 saturated heterocycles. The average molecular weight is 406 g/mol. The van der Waals surface area contributed by atoms with E-state index in [0.717, 1.165) is 40.9 Å². The molecule has 29 heavy (non-hydrogen) atoms. The first kappa shape index (κ1) is 19.4. The Morgan fingerprint density at radius 3 is 2.59 bits per heavy atom. The summed E-state index contributed by atoms with van der Waals surface area (Å²) in [6.07, 6.45) is 0. The molecular formula is C24H23NO3S. The van der Waals surface area contributed by atoms with Crippen molar-refractivity contribution in [3.05, 3.63) is 98.0 Å². The van der Waals surface area contributed by atoms with Crippen LogP contribution in [-0.4, -0.2) is 12.0 Å². The lowest BCUT2D eigenvalue weighted by atomic mass is 10.1. The fourth-order valence-corrected chi connectivity index (χ4v) is 4.32. The molecule has 2 aromatic carbocycles. The Labute approximate surface area is 174 Å². The maximum absolute atomic E-state index is 12.2. The smallest absolute Gasteiger partial charge is 0.336 e. The molecule has 0 bridgehead atoms. The molecule has 0 saturated carbocycles. The zero-order chi connectivity index (χ0) is 20.2. The summed E-state index contributed by atoms with van der Waals surface area (Å²) in [6.45, 7) is 4.15. The van der Waals surface area contributed by atoms with Crippen molar-refractivity contribution in [2.45, 2.75) is 26.6 Å². The Hall–Kier alpha value is -2.89. The number of benzene rings is 2. The van der Waals surface area contributed by atoms with Crippen LogP contribution in [0.5, 0.6) is 5.75 Å². The van der Waals surface area contributed by atoms with Gasteiger partial charge in [0, 0.05) is 41.5 Å². The van der Waals surface area contributed by atoms with Crippen molar-refractivity contribution >= 4 is 22.3 Å². The van der Waals surface area contributed by atoms with Gasteiger partial charge in [-0.15, -0.1) is 11.3 Å². The average Bonchev–Trinajstić information content (AvgIpc) is 3.21. The van der Waals surface area contributed by atoms with Gasteiger partial charge in [0.15, 0.2) is 0 Å². The molecule has 148 valence electrons. The zero-order valence-corrected chi connectivity index (χ0v) is 17.4. The lowest BCUT2D eigenvalue weighted by Crippen LogP contribution is -2.23. The number of fused-ring (bicyclic) bond motifs is 1. The third-order valence-electron chi connectivity index (χ3n) is 4.93. The molecule has 0 atom stereocenters. The molecule has 0 fully saturated rings. The summed E-state index contributed by atoms with van der Waals surface area (Å²) in [5.41, 5.74) is 3.49. The Morgan fingerprint density at radius 2 is 1.79 bits per heavy atom. The van der Waals surface area contributed by atoms with Crippen molar-refractivity contribution in [3.8, 4) is 5.75 Å². The van der Waals surface area contributed by atoms with Crippen molar-refractivity contribution in [3.63, 3.8) is 0 Å². The van der Waals surface area contributed by atoms with Crippen molar-refractivity contribution in [1.82, 2.24) is 4.90 Å². The Bertz CT molecular complexity index is 1160. The fourth-order valence-electron chi connectivity index (χ4n) is 3.57. The van der Waals surface area contributed by atoms with Gasteiger partial charge in [-0.25, -0.2) is 4.79 Å². The summed E-state index contributed by atoms with van der Waals surface area (Å²) in [4.78, 5) is 15.8. The van der Waals surface area contributed by atoms with Crippen LogP contribution in [0.1, 0.15) is 21.6 Å². The van der Waals surface area contributed by atoms with Gasteiger partial charge in [0.1, 0.15) is 11.3 Å². The highest BCUT2D eigenvalue weighted by molar-refractivity contribution is 7.09. The van der Waals surface area contributed by atoms with E-state index in [2.05, 4.69) is 34.5 Å². The number of methoxy groups -OCH3 is 1. The Kier molecular flexibility index (Phi) is 5.79. The van der Waals surface area contributed by atoms with E-state index >= 15 is 0 Å². The molecule has 0 radical (unpaired) electrons. The second-order valence-electron chi connectivity index (χ2n) is 7.13. The molecule has 0 aliphatic carbocycles. The third kappa shape index (κ3) is 4.58. The number of ether oxygens (including phenoxy) is 1. The molecule has 4 aromatic rings. The van der Waals surface area contributed by atoms with E-state index in [-0.39, 0.29) is 5.63 Å². The van der Waals surface area contributed by atoms with E-state index in [9.17, 15) is 4.79 Å². The van der Waals surface area contributed by atoms with Crippen molar-refractivity contribution in [2.24, 2.45) is 0 Å². The number of rotatable bonds is 7. The third-order valence-corrected chi connectivity index (χ3v) is 5.79. The number of para-hydroxylation sites is 1. The first-order chi connectivity index (χ1) is 14.1. The predicted molar refractivity (Wildman–Crippen MR) is 117 cm³/mol. The second-order valence-corrected chi connectivity index (χ2v) is 8.16. The molecule has 2 aromatic heterocycles. The highest BCUT2D eigenvalue weighted by atomic mass is 32.1. The van der Waals surface area contributed by atoms with Gasteiger partial charge in [0.05, 0.1) is 7.11 Å². The van der Waals surface area contributed by atoms with Gasteiger partial charge in [-0.2, -0.15) is 0 Å². The summed E-state index contributed by atoms with van der Waals surface area (Å²) >= 11 is 1.74. The minimum Gasteiger partial charge on any atom is -0.496 e. The standard InChI is InChI=1S/C24H23NO3S/c1-17-9-10-21-19(13-24(26)28-23(21)12-17)15-25(16-20-7-5-11-29-20)14-18-6-3-4-8-22(18)27-2/h3-13H,14-16H2,1-2H3. The molecule has 2 heterocycles. The summed E-state index contributed by atoms with van der Waals surface area (Å²) in [5, 5.41) is 3.07. The Balaban J connectivity index is 1.70. The number of hydrogen-bond donors (Lipinski definition) is 0. The normalized spacial score (nSPS) is 11.3. The van der Waals surface area contributed by atoms with Crippen LogP contribution in [0.25, 0.3) is 11.0 Å². The van der Waals surface area contributed by atoms with Gasteiger partial charge in [0.25, 0.3) is 0 Å². The number of hydrogen-bond acceptors (Lipinski definition) is 5. The molecule has 4 rings (SSSR count). The van der Waals surface area contributed by atoms with E-state index in [1.54, 1.807) is 24.5 Å². The van der Waals surface area contributed by atoms with Crippen LogP contribution in [0.15, 0.2) is 75.3 Å². The molecule has 0 N–H and O–H groups in total. The van der Waals surface area contributed by atoms with Crippen LogP contribution < -0.4 is 10.4 Å². The molecular weight excluding hydrogens is 382 g/mol. The van der Waals surface area contributed by atoms with E-state index < -0.39 is 0 Å². The van der Waals surface area contributed by atoms with Crippen molar-refractivity contribution in [2.75, 3.05) is 7.11 Å². The predicted octanol–water partition coefficient (Wildman–Crippen LogP) is 5.37. The lowest BCUT2D eigenvalue weighted by Gasteiger charge is -2.23. The van der Waals surface area contributed by atoms with Gasteiger partial charge >= 0.3 is 5.63 Å². The van der Waals surface area contributed by atoms with Crippen molar-refractivity contribution in [1.29, 1.82) is 0 Å². The van der Waals surface area contributed by atoms with Gasteiger partial charge in [-0.1, -0.05) is 36.4 Å². The summed E-state index contributed by atoms with van der Waals surface area (Å²) < 4.78 is 11.0. The minimum absolute atomic E-state index is 0.313. The molecule has 5 heteroatoms. The molecule has 0 unspecified atom stereocenters. The first-order valence-corrected chi connectivity index (χ1v) is 10.4. The maximum Gasteiger partial charge on any atom is 0.336 e. The van der Waals surface area contributed by atoms with Crippen LogP contribution >= 0.6 is 11.3 Å². The number of thiophene rings is 1. The molecule has 0 spiro atoms. The SMILES string of the molecule is COc1ccccc1CN(Cc1cccs1)Cc1cc(=O)oc2cc(C)ccc12. The molecule has 0 amide bonds. The highest BCUT2D eigenvalue weighted by Gasteiger charge is 2.15. The van der Waals surface area contributed by atoms with Crippen LogP contribution in [0, 0.1) is 6.92 Å². The maximum atomic E-state index is 12.2.